The van der Waals surface area contributed by atoms with Crippen molar-refractivity contribution in [2.24, 2.45) is 5.10 Å². The van der Waals surface area contributed by atoms with E-state index in [1.54, 1.807) is 13.3 Å². The summed E-state index contributed by atoms with van der Waals surface area (Å²) in [6.45, 7) is 4.08. The monoisotopic (exact) mass is 475 g/mol. The van der Waals surface area contributed by atoms with Crippen LogP contribution >= 0.6 is 15.9 Å². The summed E-state index contributed by atoms with van der Waals surface area (Å²) < 4.78 is 8.60. The zero-order valence-electron chi connectivity index (χ0n) is 17.5. The van der Waals surface area contributed by atoms with Gasteiger partial charge in [0.25, 0.3) is 5.91 Å². The predicted molar refractivity (Wildman–Crippen MR) is 129 cm³/mol. The second-order valence-electron chi connectivity index (χ2n) is 7.24. The summed E-state index contributed by atoms with van der Waals surface area (Å²) in [6.07, 6.45) is 1.67. The zero-order valence-corrected chi connectivity index (χ0v) is 19.1. The lowest BCUT2D eigenvalue weighted by atomic mass is 10.1. The number of benzene rings is 3. The number of aromatic nitrogens is 1. The Hall–Kier alpha value is -3.38. The van der Waals surface area contributed by atoms with E-state index in [1.807, 2.05) is 68.4 Å². The molecule has 31 heavy (non-hydrogen) atoms. The number of ether oxygens (including phenoxy) is 1. The first-order valence-electron chi connectivity index (χ1n) is 9.83. The lowest BCUT2D eigenvalue weighted by Gasteiger charge is -2.10. The van der Waals surface area contributed by atoms with Gasteiger partial charge >= 0.3 is 0 Å². The van der Waals surface area contributed by atoms with Crippen LogP contribution in [0.15, 0.2) is 76.3 Å². The molecule has 0 unspecified atom stereocenters. The van der Waals surface area contributed by atoms with Crippen molar-refractivity contribution in [2.45, 2.75) is 13.8 Å². The SMILES string of the molecule is COc1cc2ccccc2cc1C(=O)NN=Cc1cc(C)n(-c2ccc(Br)cc2)c1C. The van der Waals surface area contributed by atoms with Crippen LogP contribution in [-0.4, -0.2) is 23.8 Å². The normalized spacial score (nSPS) is 11.2. The van der Waals surface area contributed by atoms with E-state index in [4.69, 9.17) is 4.74 Å². The van der Waals surface area contributed by atoms with Crippen LogP contribution in [0.4, 0.5) is 0 Å². The van der Waals surface area contributed by atoms with Gasteiger partial charge in [-0.05, 0) is 67.1 Å². The number of halogens is 1. The molecule has 0 radical (unpaired) electrons. The molecule has 1 N–H and O–H groups in total. The Bertz CT molecular complexity index is 1290. The molecule has 5 nitrogen and oxygen atoms in total. The number of methoxy groups -OCH3 is 1. The van der Waals surface area contributed by atoms with E-state index in [-0.39, 0.29) is 5.91 Å². The summed E-state index contributed by atoms with van der Waals surface area (Å²) in [5, 5.41) is 6.18. The Kier molecular flexibility index (Phi) is 5.91. The fourth-order valence-corrected chi connectivity index (χ4v) is 3.96. The van der Waals surface area contributed by atoms with Crippen LogP contribution in [0.5, 0.6) is 5.75 Å². The van der Waals surface area contributed by atoms with Gasteiger partial charge in [0.1, 0.15) is 5.75 Å². The third-order valence-electron chi connectivity index (χ3n) is 5.24. The van der Waals surface area contributed by atoms with Gasteiger partial charge in [-0.1, -0.05) is 40.2 Å². The van der Waals surface area contributed by atoms with Crippen molar-refractivity contribution < 1.29 is 9.53 Å². The zero-order chi connectivity index (χ0) is 22.0. The van der Waals surface area contributed by atoms with Gasteiger partial charge in [-0.2, -0.15) is 5.10 Å². The average molecular weight is 476 g/mol. The molecule has 0 aliphatic heterocycles. The van der Waals surface area contributed by atoms with Gasteiger partial charge in [-0.3, -0.25) is 4.79 Å². The van der Waals surface area contributed by atoms with Crippen LogP contribution in [0.1, 0.15) is 27.3 Å². The number of carbonyl (C=O) groups excluding carboxylic acids is 1. The molecule has 3 aromatic carbocycles. The van der Waals surface area contributed by atoms with Crippen molar-refractivity contribution in [1.29, 1.82) is 0 Å². The van der Waals surface area contributed by atoms with Crippen molar-refractivity contribution in [3.05, 3.63) is 93.7 Å². The molecule has 1 heterocycles. The maximum atomic E-state index is 12.8. The van der Waals surface area contributed by atoms with Crippen molar-refractivity contribution in [2.75, 3.05) is 7.11 Å². The van der Waals surface area contributed by atoms with Gasteiger partial charge < -0.3 is 9.30 Å². The molecule has 0 aliphatic rings. The highest BCUT2D eigenvalue weighted by molar-refractivity contribution is 9.10. The first kappa shape index (κ1) is 20.9. The summed E-state index contributed by atoms with van der Waals surface area (Å²) in [5.74, 6) is 0.195. The Morgan fingerprint density at radius 2 is 1.71 bits per heavy atom. The summed E-state index contributed by atoms with van der Waals surface area (Å²) in [4.78, 5) is 12.8. The highest BCUT2D eigenvalue weighted by atomic mass is 79.9. The van der Waals surface area contributed by atoms with Crippen molar-refractivity contribution in [1.82, 2.24) is 9.99 Å². The number of hydrogen-bond donors (Lipinski definition) is 1. The minimum absolute atomic E-state index is 0.319. The van der Waals surface area contributed by atoms with Crippen LogP contribution in [0.2, 0.25) is 0 Å². The highest BCUT2D eigenvalue weighted by Crippen LogP contribution is 2.26. The molecular formula is C25H22BrN3O2. The molecule has 1 amide bonds. The van der Waals surface area contributed by atoms with Crippen LogP contribution in [0, 0.1) is 13.8 Å². The highest BCUT2D eigenvalue weighted by Gasteiger charge is 2.14. The average Bonchev–Trinajstić information content (AvgIpc) is 3.06. The number of carbonyl (C=O) groups is 1. The molecule has 0 spiro atoms. The first-order chi connectivity index (χ1) is 15.0. The number of hydrazone groups is 1. The number of amides is 1. The third-order valence-corrected chi connectivity index (χ3v) is 5.77. The van der Waals surface area contributed by atoms with Crippen molar-refractivity contribution >= 4 is 38.8 Å². The molecule has 6 heteroatoms. The molecular weight excluding hydrogens is 454 g/mol. The third kappa shape index (κ3) is 4.25. The fraction of sp³-hybridized carbons (Fsp3) is 0.120. The van der Waals surface area contributed by atoms with Gasteiger partial charge in [0.2, 0.25) is 0 Å². The van der Waals surface area contributed by atoms with Gasteiger partial charge in [-0.25, -0.2) is 5.43 Å². The lowest BCUT2D eigenvalue weighted by molar-refractivity contribution is 0.0952. The van der Waals surface area contributed by atoms with Crippen LogP contribution in [0.25, 0.3) is 16.5 Å². The van der Waals surface area contributed by atoms with Gasteiger partial charge in [-0.15, -0.1) is 0 Å². The minimum Gasteiger partial charge on any atom is -0.496 e. The summed E-state index contributed by atoms with van der Waals surface area (Å²) in [5.41, 5.74) is 7.21. The maximum absolute atomic E-state index is 12.8. The maximum Gasteiger partial charge on any atom is 0.275 e. The van der Waals surface area contributed by atoms with Crippen molar-refractivity contribution in [3.63, 3.8) is 0 Å². The molecule has 0 bridgehead atoms. The van der Waals surface area contributed by atoms with Gasteiger partial charge in [0.05, 0.1) is 18.9 Å². The van der Waals surface area contributed by atoms with E-state index in [9.17, 15) is 4.79 Å². The Morgan fingerprint density at radius 1 is 1.03 bits per heavy atom. The second-order valence-corrected chi connectivity index (χ2v) is 8.15. The van der Waals surface area contributed by atoms with Gasteiger partial charge in [0, 0.05) is 27.1 Å². The summed E-state index contributed by atoms with van der Waals surface area (Å²) >= 11 is 3.47. The predicted octanol–water partition coefficient (Wildman–Crippen LogP) is 5.78. The Balaban J connectivity index is 1.57. The standard InChI is InChI=1S/C25H22BrN3O2/c1-16-12-20(17(2)29(16)22-10-8-21(26)9-11-22)15-27-28-25(30)23-13-18-6-4-5-7-19(18)14-24(23)31-3/h4-15H,1-3H3,(H,28,30). The minimum atomic E-state index is -0.319. The lowest BCUT2D eigenvalue weighted by Crippen LogP contribution is -2.18. The quantitative estimate of drug-likeness (QED) is 0.293. The molecule has 4 rings (SSSR count). The molecule has 0 atom stereocenters. The number of nitrogens with one attached hydrogen (secondary N) is 1. The fourth-order valence-electron chi connectivity index (χ4n) is 3.69. The molecule has 4 aromatic rings. The molecule has 1 aromatic heterocycles. The number of rotatable bonds is 5. The van der Waals surface area contributed by atoms with Crippen LogP contribution < -0.4 is 10.2 Å². The second kappa shape index (κ2) is 8.78. The summed E-state index contributed by atoms with van der Waals surface area (Å²) in [6, 6.07) is 21.7. The van der Waals surface area contributed by atoms with Crippen LogP contribution in [-0.2, 0) is 0 Å². The topological polar surface area (TPSA) is 55.6 Å². The molecule has 0 fully saturated rings. The summed E-state index contributed by atoms with van der Waals surface area (Å²) in [7, 11) is 1.56. The van der Waals surface area contributed by atoms with Gasteiger partial charge in [0.15, 0.2) is 0 Å². The van der Waals surface area contributed by atoms with Crippen molar-refractivity contribution in [3.8, 4) is 11.4 Å². The number of hydrogen-bond acceptors (Lipinski definition) is 3. The molecule has 0 saturated carbocycles. The van der Waals surface area contributed by atoms with E-state index in [1.165, 1.54) is 0 Å². The van der Waals surface area contributed by atoms with E-state index in [0.29, 0.717) is 11.3 Å². The first-order valence-corrected chi connectivity index (χ1v) is 10.6. The number of fused-ring (bicyclic) bond motifs is 1. The Labute approximate surface area is 189 Å². The van der Waals surface area contributed by atoms with Crippen LogP contribution in [0.3, 0.4) is 0 Å². The molecule has 0 aliphatic carbocycles. The Morgan fingerprint density at radius 3 is 2.39 bits per heavy atom. The smallest absolute Gasteiger partial charge is 0.275 e. The number of nitrogens with zero attached hydrogens (tertiary/aromatic N) is 2. The molecule has 0 saturated heterocycles. The largest absolute Gasteiger partial charge is 0.496 e. The van der Waals surface area contributed by atoms with E-state index >= 15 is 0 Å². The van der Waals surface area contributed by atoms with E-state index in [0.717, 1.165) is 37.9 Å². The molecule has 156 valence electrons. The number of aryl methyl sites for hydroxylation is 1. The van der Waals surface area contributed by atoms with E-state index < -0.39 is 0 Å². The van der Waals surface area contributed by atoms with E-state index in [2.05, 4.69) is 43.2 Å².